The Hall–Kier alpha value is -3.18. The van der Waals surface area contributed by atoms with Crippen molar-refractivity contribution in [3.63, 3.8) is 0 Å². The number of carboxylic acid groups (broad SMARTS) is 1. The molecule has 144 valence electrons. The fraction of sp³-hybridized carbons (Fsp3) is 0. The first-order chi connectivity index (χ1) is 13.2. The molecular formula is C17H11BrN2O7S. The van der Waals surface area contributed by atoms with Gasteiger partial charge in [-0.3, -0.25) is 14.8 Å². The Kier molecular flexibility index (Phi) is 5.21. The number of hydrogen-bond acceptors (Lipinski definition) is 6. The molecule has 28 heavy (non-hydrogen) atoms. The number of rotatable bonds is 6. The Balaban J connectivity index is 1.92. The van der Waals surface area contributed by atoms with Gasteiger partial charge in [-0.2, -0.15) is 0 Å². The Morgan fingerprint density at radius 3 is 2.46 bits per heavy atom. The average molecular weight is 467 g/mol. The molecule has 0 aliphatic heterocycles. The number of halogens is 1. The van der Waals surface area contributed by atoms with Crippen LogP contribution in [0.3, 0.4) is 0 Å². The summed E-state index contributed by atoms with van der Waals surface area (Å²) in [7, 11) is -4.20. The number of furan rings is 1. The van der Waals surface area contributed by atoms with E-state index in [0.717, 1.165) is 12.1 Å². The smallest absolute Gasteiger partial charge is 0.371 e. The number of anilines is 1. The second-order valence-corrected chi connectivity index (χ2v) is 8.00. The van der Waals surface area contributed by atoms with Crippen LogP contribution in [0, 0.1) is 10.1 Å². The Labute approximate surface area is 166 Å². The summed E-state index contributed by atoms with van der Waals surface area (Å²) in [5, 5.41) is 20.0. The van der Waals surface area contributed by atoms with E-state index in [1.807, 2.05) is 0 Å². The molecule has 0 bridgehead atoms. The molecule has 3 aromatic rings. The molecule has 1 heterocycles. The highest BCUT2D eigenvalue weighted by molar-refractivity contribution is 9.10. The fourth-order valence-electron chi connectivity index (χ4n) is 2.42. The number of nitrogens with one attached hydrogen (secondary N) is 1. The zero-order valence-corrected chi connectivity index (χ0v) is 16.2. The first-order valence-electron chi connectivity index (χ1n) is 7.58. The van der Waals surface area contributed by atoms with E-state index in [1.165, 1.54) is 42.5 Å². The van der Waals surface area contributed by atoms with Gasteiger partial charge in [-0.15, -0.1) is 0 Å². The van der Waals surface area contributed by atoms with Crippen molar-refractivity contribution in [1.29, 1.82) is 0 Å². The Bertz CT molecular complexity index is 1190. The van der Waals surface area contributed by atoms with Gasteiger partial charge in [0.1, 0.15) is 5.76 Å². The van der Waals surface area contributed by atoms with Crippen molar-refractivity contribution in [2.24, 2.45) is 0 Å². The van der Waals surface area contributed by atoms with E-state index in [0.29, 0.717) is 10.0 Å². The predicted molar refractivity (Wildman–Crippen MR) is 103 cm³/mol. The number of carbonyl (C=O) groups is 1. The zero-order valence-electron chi connectivity index (χ0n) is 13.8. The topological polar surface area (TPSA) is 140 Å². The Morgan fingerprint density at radius 1 is 1.14 bits per heavy atom. The minimum Gasteiger partial charge on any atom is -0.475 e. The molecule has 0 amide bonds. The second kappa shape index (κ2) is 7.44. The summed E-state index contributed by atoms with van der Waals surface area (Å²) in [5.41, 5.74) is 0.113. The maximum atomic E-state index is 12.6. The summed E-state index contributed by atoms with van der Waals surface area (Å²) in [6.45, 7) is 0. The first kappa shape index (κ1) is 19.6. The molecule has 0 radical (unpaired) electrons. The largest absolute Gasteiger partial charge is 0.475 e. The quantitative estimate of drug-likeness (QED) is 0.411. The van der Waals surface area contributed by atoms with E-state index in [9.17, 15) is 23.3 Å². The van der Waals surface area contributed by atoms with Gasteiger partial charge in [0.15, 0.2) is 4.90 Å². The molecule has 3 rings (SSSR count). The summed E-state index contributed by atoms with van der Waals surface area (Å²) in [5.74, 6) is -1.17. The summed E-state index contributed by atoms with van der Waals surface area (Å²) < 4.78 is 33.1. The highest BCUT2D eigenvalue weighted by atomic mass is 79.9. The molecule has 0 saturated carbocycles. The summed E-state index contributed by atoms with van der Waals surface area (Å²) >= 11 is 3.28. The standard InChI is InChI=1S/C17H11BrN2O7S/c18-12-9-10(5-6-11(12)14-7-8-15(27-14)17(21)22)19-28(25,26)16-4-2-1-3-13(16)20(23)24/h1-9,19H,(H,21,22). The van der Waals surface area contributed by atoms with Crippen molar-refractivity contribution in [3.05, 3.63) is 74.9 Å². The molecule has 0 unspecified atom stereocenters. The molecule has 9 nitrogen and oxygen atoms in total. The third-order valence-electron chi connectivity index (χ3n) is 3.66. The van der Waals surface area contributed by atoms with Crippen molar-refractivity contribution < 1.29 is 27.7 Å². The minimum atomic E-state index is -4.20. The van der Waals surface area contributed by atoms with Crippen LogP contribution in [-0.2, 0) is 10.0 Å². The number of hydrogen-bond donors (Lipinski definition) is 2. The van der Waals surface area contributed by atoms with Crippen LogP contribution in [0.15, 0.2) is 68.4 Å². The number of nitrogens with zero attached hydrogens (tertiary/aromatic N) is 1. The van der Waals surface area contributed by atoms with Gasteiger partial charge in [-0.25, -0.2) is 13.2 Å². The molecular weight excluding hydrogens is 456 g/mol. The monoisotopic (exact) mass is 466 g/mol. The average Bonchev–Trinajstić information content (AvgIpc) is 3.11. The molecule has 0 aliphatic carbocycles. The number of aromatic carboxylic acids is 1. The lowest BCUT2D eigenvalue weighted by Crippen LogP contribution is -2.14. The van der Waals surface area contributed by atoms with Gasteiger partial charge >= 0.3 is 5.97 Å². The summed E-state index contributed by atoms with van der Waals surface area (Å²) in [6.07, 6.45) is 0. The van der Waals surface area contributed by atoms with Gasteiger partial charge < -0.3 is 9.52 Å². The van der Waals surface area contributed by atoms with Crippen LogP contribution in [0.1, 0.15) is 10.6 Å². The van der Waals surface area contributed by atoms with Gasteiger partial charge in [-0.05, 0) is 52.3 Å². The number of nitro benzene ring substituents is 1. The fourth-order valence-corrected chi connectivity index (χ4v) is 4.22. The number of nitro groups is 1. The van der Waals surface area contributed by atoms with Crippen LogP contribution in [0.4, 0.5) is 11.4 Å². The van der Waals surface area contributed by atoms with E-state index < -0.39 is 31.5 Å². The SMILES string of the molecule is O=C(O)c1ccc(-c2ccc(NS(=O)(=O)c3ccccc3[N+](=O)[O-])cc2Br)o1. The third-order valence-corrected chi connectivity index (χ3v) is 5.74. The normalized spacial score (nSPS) is 11.2. The third kappa shape index (κ3) is 3.89. The van der Waals surface area contributed by atoms with E-state index in [2.05, 4.69) is 20.7 Å². The number of carboxylic acids is 1. The van der Waals surface area contributed by atoms with E-state index in [-0.39, 0.29) is 17.2 Å². The highest BCUT2D eigenvalue weighted by Crippen LogP contribution is 2.33. The second-order valence-electron chi connectivity index (χ2n) is 5.49. The lowest BCUT2D eigenvalue weighted by atomic mass is 10.1. The lowest BCUT2D eigenvalue weighted by Gasteiger charge is -2.10. The Morgan fingerprint density at radius 2 is 1.86 bits per heavy atom. The summed E-state index contributed by atoms with van der Waals surface area (Å²) in [4.78, 5) is 20.8. The van der Waals surface area contributed by atoms with Gasteiger partial charge in [0.05, 0.1) is 4.92 Å². The molecule has 0 fully saturated rings. The van der Waals surface area contributed by atoms with Crippen LogP contribution < -0.4 is 4.72 Å². The molecule has 0 saturated heterocycles. The van der Waals surface area contributed by atoms with Crippen molar-refractivity contribution in [2.45, 2.75) is 4.90 Å². The van der Waals surface area contributed by atoms with Crippen molar-refractivity contribution in [3.8, 4) is 11.3 Å². The zero-order chi connectivity index (χ0) is 20.5. The molecule has 0 spiro atoms. The predicted octanol–water partition coefficient (Wildman–Crippen LogP) is 4.12. The highest BCUT2D eigenvalue weighted by Gasteiger charge is 2.25. The molecule has 1 aromatic heterocycles. The van der Waals surface area contributed by atoms with Crippen molar-refractivity contribution >= 4 is 43.3 Å². The van der Waals surface area contributed by atoms with E-state index >= 15 is 0 Å². The van der Waals surface area contributed by atoms with Crippen LogP contribution in [-0.4, -0.2) is 24.4 Å². The lowest BCUT2D eigenvalue weighted by molar-refractivity contribution is -0.387. The van der Waals surface area contributed by atoms with Gasteiger partial charge in [0, 0.05) is 21.8 Å². The number of sulfonamides is 1. The van der Waals surface area contributed by atoms with Crippen molar-refractivity contribution in [1.82, 2.24) is 0 Å². The molecule has 2 N–H and O–H groups in total. The molecule has 2 aromatic carbocycles. The van der Waals surface area contributed by atoms with Gasteiger partial charge in [-0.1, -0.05) is 12.1 Å². The maximum Gasteiger partial charge on any atom is 0.371 e. The molecule has 0 aliphatic rings. The summed E-state index contributed by atoms with van der Waals surface area (Å²) in [6, 6.07) is 12.2. The minimum absolute atomic E-state index is 0.152. The molecule has 0 atom stereocenters. The first-order valence-corrected chi connectivity index (χ1v) is 9.86. The number of para-hydroxylation sites is 1. The van der Waals surface area contributed by atoms with Gasteiger partial charge in [0.25, 0.3) is 15.7 Å². The van der Waals surface area contributed by atoms with Crippen LogP contribution in [0.5, 0.6) is 0 Å². The van der Waals surface area contributed by atoms with E-state index in [1.54, 1.807) is 0 Å². The number of benzene rings is 2. The van der Waals surface area contributed by atoms with E-state index in [4.69, 9.17) is 9.52 Å². The van der Waals surface area contributed by atoms with Gasteiger partial charge in [0.2, 0.25) is 5.76 Å². The molecule has 11 heteroatoms. The van der Waals surface area contributed by atoms with Crippen LogP contribution in [0.25, 0.3) is 11.3 Å². The van der Waals surface area contributed by atoms with Crippen LogP contribution >= 0.6 is 15.9 Å². The van der Waals surface area contributed by atoms with Crippen molar-refractivity contribution in [2.75, 3.05) is 4.72 Å². The maximum absolute atomic E-state index is 12.6. The van der Waals surface area contributed by atoms with Crippen LogP contribution in [0.2, 0.25) is 0 Å².